The average Bonchev–Trinajstić information content (AvgIpc) is 2.62. The molecule has 3 aromatic carbocycles. The molecular formula is C68H99N7O6. The molecule has 3 aromatic rings. The predicted molar refractivity (Wildman–Crippen MR) is 330 cm³/mol. The fraction of sp³-hybridized carbons (Fsp3) is 0.618. The van der Waals surface area contributed by atoms with Crippen molar-refractivity contribution in [2.45, 2.75) is 214 Å². The first-order chi connectivity index (χ1) is 37.0. The summed E-state index contributed by atoms with van der Waals surface area (Å²) in [6.07, 6.45) is 15.4. The van der Waals surface area contributed by atoms with Crippen LogP contribution in [0.5, 0.6) is 0 Å². The molecular weight excluding hydrogens is 1010 g/mol. The van der Waals surface area contributed by atoms with Gasteiger partial charge in [-0.15, -0.1) is 0 Å². The number of hydrogen-bond acceptors (Lipinski definition) is 10. The Kier molecular flexibility index (Phi) is 17.9. The van der Waals surface area contributed by atoms with Crippen LogP contribution in [-0.4, -0.2) is 111 Å². The maximum atomic E-state index is 13.6. The summed E-state index contributed by atoms with van der Waals surface area (Å²) in [4.78, 5) is 60.8. The number of guanidine groups is 1. The van der Waals surface area contributed by atoms with Crippen LogP contribution in [0.3, 0.4) is 0 Å². The van der Waals surface area contributed by atoms with Crippen molar-refractivity contribution in [2.75, 3.05) is 42.5 Å². The van der Waals surface area contributed by atoms with Crippen LogP contribution in [0.15, 0.2) is 76.2 Å². The minimum Gasteiger partial charge on any atom is -0.381 e. The summed E-state index contributed by atoms with van der Waals surface area (Å²) < 4.78 is 16.8. The molecule has 6 aliphatic carbocycles. The van der Waals surface area contributed by atoms with E-state index in [0.29, 0.717) is 30.0 Å². The molecule has 2 N–H and O–H groups in total. The Morgan fingerprint density at radius 3 is 1.11 bits per heavy atom. The number of rotatable bonds is 6. The molecule has 12 rings (SSSR count). The zero-order chi connectivity index (χ0) is 56.1. The van der Waals surface area contributed by atoms with E-state index in [1.807, 2.05) is 34.9 Å². The van der Waals surface area contributed by atoms with Gasteiger partial charge in [-0.3, -0.25) is 29.3 Å². The highest BCUT2D eigenvalue weighted by Gasteiger charge is 2.69. The number of hydrogen-bond donors (Lipinski definition) is 1. The van der Waals surface area contributed by atoms with Crippen LogP contribution < -0.4 is 5.73 Å². The monoisotopic (exact) mass is 1110 g/mol. The number of amidine groups is 2. The van der Waals surface area contributed by atoms with Crippen LogP contribution >= 0.6 is 0 Å². The lowest BCUT2D eigenvalue weighted by atomic mass is 9.61. The van der Waals surface area contributed by atoms with E-state index in [9.17, 15) is 14.4 Å². The van der Waals surface area contributed by atoms with Gasteiger partial charge in [0.1, 0.15) is 11.7 Å². The van der Waals surface area contributed by atoms with Crippen molar-refractivity contribution in [3.8, 4) is 0 Å². The largest absolute Gasteiger partial charge is 0.381 e. The molecule has 3 aliphatic heterocycles. The van der Waals surface area contributed by atoms with Gasteiger partial charge >= 0.3 is 0 Å². The quantitative estimate of drug-likeness (QED) is 0.258. The highest BCUT2D eigenvalue weighted by Crippen LogP contribution is 2.65. The molecule has 6 spiro atoms. The number of carbonyl (C=O) groups is 3. The van der Waals surface area contributed by atoms with Gasteiger partial charge in [0.25, 0.3) is 17.7 Å². The molecule has 0 saturated heterocycles. The molecule has 3 saturated carbocycles. The number of amides is 3. The lowest BCUT2D eigenvalue weighted by molar-refractivity contribution is -0.138. The second-order valence-corrected chi connectivity index (χ2v) is 25.5. The number of fused-ring (bicyclic) bond motifs is 9. The van der Waals surface area contributed by atoms with Gasteiger partial charge in [-0.2, -0.15) is 0 Å². The first-order valence-electron chi connectivity index (χ1n) is 29.0. The van der Waals surface area contributed by atoms with Gasteiger partial charge in [-0.25, -0.2) is 4.99 Å². The van der Waals surface area contributed by atoms with Crippen LogP contribution in [-0.2, 0) is 64.5 Å². The van der Waals surface area contributed by atoms with E-state index in [1.54, 1.807) is 43.1 Å². The second kappa shape index (κ2) is 22.9. The topological polar surface area (TPSA) is 152 Å². The first kappa shape index (κ1) is 63.1. The van der Waals surface area contributed by atoms with Crippen LogP contribution in [0, 0.1) is 16.2 Å². The summed E-state index contributed by atoms with van der Waals surface area (Å²) in [6, 6.07) is 19.9. The lowest BCUT2D eigenvalue weighted by Crippen LogP contribution is -2.51. The minimum atomic E-state index is -0.856. The Hall–Kier alpha value is -5.50. The fourth-order valence-electron chi connectivity index (χ4n) is 16.0. The molecule has 3 unspecified atom stereocenters. The van der Waals surface area contributed by atoms with Gasteiger partial charge in [-0.05, 0) is 185 Å². The van der Waals surface area contributed by atoms with Crippen LogP contribution in [0.4, 0.5) is 0 Å². The molecule has 9 aliphatic rings. The van der Waals surface area contributed by atoms with Crippen LogP contribution in [0.2, 0.25) is 0 Å². The number of likely N-dealkylation sites (N-methyl/N-ethyl adjacent to an activating group) is 3. The van der Waals surface area contributed by atoms with Crippen molar-refractivity contribution < 1.29 is 28.6 Å². The Morgan fingerprint density at radius 1 is 0.531 bits per heavy atom. The third-order valence-corrected chi connectivity index (χ3v) is 21.0. The summed E-state index contributed by atoms with van der Waals surface area (Å²) >= 11 is 0. The number of allylic oxidation sites excluding steroid dienone is 1. The summed E-state index contributed by atoms with van der Waals surface area (Å²) in [5.74, 6) is 3.17. The van der Waals surface area contributed by atoms with Crippen molar-refractivity contribution in [3.05, 3.63) is 111 Å². The van der Waals surface area contributed by atoms with E-state index < -0.39 is 16.6 Å². The van der Waals surface area contributed by atoms with Crippen molar-refractivity contribution >= 4 is 40.9 Å². The smallest absolute Gasteiger partial charge is 0.262 e. The summed E-state index contributed by atoms with van der Waals surface area (Å²) in [5.41, 5.74) is 15.2. The normalized spacial score (nSPS) is 32.1. The van der Waals surface area contributed by atoms with E-state index >= 15 is 0 Å². The molecule has 81 heavy (non-hydrogen) atoms. The predicted octanol–water partition coefficient (Wildman–Crippen LogP) is 12.8. The van der Waals surface area contributed by atoms with Gasteiger partial charge in [0.2, 0.25) is 0 Å². The van der Waals surface area contributed by atoms with Gasteiger partial charge in [0.05, 0.1) is 18.3 Å². The second-order valence-electron chi connectivity index (χ2n) is 25.5. The lowest BCUT2D eigenvalue weighted by Gasteiger charge is -2.45. The molecule has 442 valence electrons. The Labute approximate surface area is 486 Å². The molecule has 3 amide bonds. The zero-order valence-electron chi connectivity index (χ0n) is 49.1. The Morgan fingerprint density at radius 2 is 0.840 bits per heavy atom. The number of nitrogens with zero attached hydrogens (tertiary/aromatic N) is 6. The van der Waals surface area contributed by atoms with Gasteiger partial charge < -0.3 is 29.7 Å². The molecule has 0 radical (unpaired) electrons. The molecule has 3 atom stereocenters. The van der Waals surface area contributed by atoms with Crippen LogP contribution in [0.1, 0.15) is 210 Å². The summed E-state index contributed by atoms with van der Waals surface area (Å²) in [6.45, 7) is 18.8. The number of nitrogens with two attached hydrogens (primary N) is 1. The van der Waals surface area contributed by atoms with Gasteiger partial charge in [-0.1, -0.05) is 111 Å². The zero-order valence-corrected chi connectivity index (χ0v) is 49.1. The average molecular weight is 1110 g/mol. The van der Waals surface area contributed by atoms with E-state index in [0.717, 1.165) is 136 Å². The molecule has 0 aromatic heterocycles. The molecule has 3 fully saturated rings. The maximum absolute atomic E-state index is 13.6. The number of ether oxygens (including phenoxy) is 3. The summed E-state index contributed by atoms with van der Waals surface area (Å²) in [7, 11) is 10.8. The maximum Gasteiger partial charge on any atom is 0.262 e. The van der Waals surface area contributed by atoms with E-state index in [4.69, 9.17) is 34.9 Å². The Balaban J connectivity index is 0.000000172. The number of aliphatic imine (C=N–C) groups is 3. The number of benzene rings is 3. The molecule has 13 heteroatoms. The molecule has 13 nitrogen and oxygen atoms in total. The third kappa shape index (κ3) is 9.36. The summed E-state index contributed by atoms with van der Waals surface area (Å²) in [5, 5.41) is 0. The van der Waals surface area contributed by atoms with E-state index in [2.05, 4.69) is 88.9 Å². The van der Waals surface area contributed by atoms with Crippen molar-refractivity contribution in [1.82, 2.24) is 14.7 Å². The standard InChI is InChI=1S/C22H30N2O2.C22H28N2O2.C21H29N3O2.3CH4/c2*1-14(2)16-6-7-17-13-21(10-8-18(26-5)9-11-21)22(19(17)12-16)20(25)24(4)15(3)23-22;1-13(2)14-5-6-15-12-20(9-7-16(26-4)8-10-20)21(17(15)11-14)18(25)24(3)19(22)23-21;;;/h6-7,12,14,18H,8-11,13H2,1-5H3;6-7,12,18H,1,8-11,13H2,2-5H3;5-6,11,13,16H,7-10,12H2,1-4H3,(H2,22,23);3*1H4. The Bertz CT molecular complexity index is 2870. The number of carbonyl (C=O) groups excluding carboxylic acids is 3. The van der Waals surface area contributed by atoms with Gasteiger partial charge in [0, 0.05) is 58.7 Å². The fourth-order valence-corrected chi connectivity index (χ4v) is 16.0. The van der Waals surface area contributed by atoms with E-state index in [1.165, 1.54) is 27.8 Å². The van der Waals surface area contributed by atoms with Crippen LogP contribution in [0.25, 0.3) is 5.57 Å². The highest BCUT2D eigenvalue weighted by molar-refractivity contribution is 6.10. The van der Waals surface area contributed by atoms with E-state index in [-0.39, 0.29) is 62.4 Å². The molecule has 3 heterocycles. The van der Waals surface area contributed by atoms with Gasteiger partial charge in [0.15, 0.2) is 22.6 Å². The SMILES string of the molecule is C.C.C.C=C(C)c1ccc2c(c1)C1(N=C(C)N(C)C1=O)C1(CCC(OC)CC1)C2.COC1CCC2(CC1)Cc1ccc(C(C)C)cc1C21N=C(C)N(C)C1=O.COC1CCC2(CC1)Cc1ccc(C(C)C)cc1C21N=C(N)N(C)C1=O. The molecule has 0 bridgehead atoms. The van der Waals surface area contributed by atoms with Crippen molar-refractivity contribution in [1.29, 1.82) is 0 Å². The van der Waals surface area contributed by atoms with Crippen molar-refractivity contribution in [2.24, 2.45) is 37.0 Å². The van der Waals surface area contributed by atoms with Crippen molar-refractivity contribution in [3.63, 3.8) is 0 Å². The number of methoxy groups -OCH3 is 3. The first-order valence-corrected chi connectivity index (χ1v) is 29.0. The third-order valence-electron chi connectivity index (χ3n) is 21.0. The highest BCUT2D eigenvalue weighted by atomic mass is 16.5. The minimum absolute atomic E-state index is 0.